The third-order valence-corrected chi connectivity index (χ3v) is 7.42. The van der Waals surface area contributed by atoms with Crippen molar-refractivity contribution in [1.82, 2.24) is 0 Å². The number of hydrogen-bond acceptors (Lipinski definition) is 6. The fourth-order valence-corrected chi connectivity index (χ4v) is 5.61. The third kappa shape index (κ3) is 3.78. The van der Waals surface area contributed by atoms with Gasteiger partial charge in [-0.25, -0.2) is 9.29 Å². The van der Waals surface area contributed by atoms with Crippen LogP contribution in [0.5, 0.6) is 0 Å². The van der Waals surface area contributed by atoms with Gasteiger partial charge in [0, 0.05) is 32.2 Å². The normalized spacial score (nSPS) is 25.0. The van der Waals surface area contributed by atoms with Crippen LogP contribution in [0.1, 0.15) is 26.2 Å². The fraction of sp³-hybridized carbons (Fsp3) is 0.440. The summed E-state index contributed by atoms with van der Waals surface area (Å²) in [5, 5.41) is 11.9. The summed E-state index contributed by atoms with van der Waals surface area (Å²) >= 11 is 0. The van der Waals surface area contributed by atoms with Gasteiger partial charge in [-0.1, -0.05) is 19.1 Å². The van der Waals surface area contributed by atoms with E-state index in [-0.39, 0.29) is 40.8 Å². The van der Waals surface area contributed by atoms with Crippen molar-refractivity contribution in [2.45, 2.75) is 26.2 Å². The highest BCUT2D eigenvalue weighted by atomic mass is 19.1. The van der Waals surface area contributed by atoms with Crippen molar-refractivity contribution in [3.63, 3.8) is 0 Å². The van der Waals surface area contributed by atoms with Crippen LogP contribution in [-0.4, -0.2) is 42.9 Å². The van der Waals surface area contributed by atoms with Gasteiger partial charge in [0.2, 0.25) is 11.8 Å². The molecule has 2 amide bonds. The summed E-state index contributed by atoms with van der Waals surface area (Å²) in [6.45, 7) is 4.09. The van der Waals surface area contributed by atoms with Crippen molar-refractivity contribution >= 4 is 34.6 Å². The predicted molar refractivity (Wildman–Crippen MR) is 126 cm³/mol. The molecule has 0 spiro atoms. The molecule has 8 nitrogen and oxygen atoms in total. The first-order valence-electron chi connectivity index (χ1n) is 11.8. The molecule has 3 aliphatic rings. The molecular weight excluding hydrogens is 439 g/mol. The van der Waals surface area contributed by atoms with E-state index in [1.165, 1.54) is 12.1 Å². The maximum Gasteiger partial charge on any atom is 0.294 e. The molecule has 9 heteroatoms. The molecule has 2 aromatic carbocycles. The highest BCUT2D eigenvalue weighted by Crippen LogP contribution is 2.43. The van der Waals surface area contributed by atoms with E-state index in [4.69, 9.17) is 0 Å². The maximum atomic E-state index is 14.1. The highest BCUT2D eigenvalue weighted by molar-refractivity contribution is 6.22. The Hall–Kier alpha value is -3.49. The number of nitro benzene ring substituents is 1. The number of hydrogen-bond donors (Lipinski definition) is 0. The highest BCUT2D eigenvalue weighted by Gasteiger charge is 2.50. The first-order chi connectivity index (χ1) is 16.3. The molecular formula is C25H27FN4O4. The zero-order valence-electron chi connectivity index (χ0n) is 19.0. The van der Waals surface area contributed by atoms with Gasteiger partial charge in [-0.15, -0.1) is 0 Å². The second kappa shape index (κ2) is 8.70. The topological polar surface area (TPSA) is 87.0 Å². The lowest BCUT2D eigenvalue weighted by molar-refractivity contribution is -0.384. The lowest BCUT2D eigenvalue weighted by Gasteiger charge is -2.37. The van der Waals surface area contributed by atoms with Crippen LogP contribution in [0, 0.1) is 33.7 Å². The van der Waals surface area contributed by atoms with Crippen molar-refractivity contribution in [3.8, 4) is 0 Å². The fourth-order valence-electron chi connectivity index (χ4n) is 5.61. The van der Waals surface area contributed by atoms with E-state index in [1.807, 2.05) is 9.80 Å². The summed E-state index contributed by atoms with van der Waals surface area (Å²) in [6, 6.07) is 11.2. The molecule has 2 heterocycles. The number of para-hydroxylation sites is 1. The number of carbonyl (C=O) groups is 2. The van der Waals surface area contributed by atoms with Crippen molar-refractivity contribution in [3.05, 3.63) is 58.4 Å². The van der Waals surface area contributed by atoms with E-state index in [1.54, 1.807) is 30.3 Å². The van der Waals surface area contributed by atoms with Gasteiger partial charge in [0.05, 0.1) is 28.1 Å². The minimum Gasteiger partial charge on any atom is -0.366 e. The van der Waals surface area contributed by atoms with E-state index < -0.39 is 4.92 Å². The second-order valence-corrected chi connectivity index (χ2v) is 9.50. The van der Waals surface area contributed by atoms with Crippen LogP contribution in [0.4, 0.5) is 27.1 Å². The lowest BCUT2D eigenvalue weighted by atomic mass is 9.76. The van der Waals surface area contributed by atoms with E-state index in [0.29, 0.717) is 56.3 Å². The lowest BCUT2D eigenvalue weighted by Crippen LogP contribution is -2.47. The summed E-state index contributed by atoms with van der Waals surface area (Å²) < 4.78 is 14.1. The third-order valence-electron chi connectivity index (χ3n) is 7.42. The Labute approximate surface area is 197 Å². The molecule has 178 valence electrons. The van der Waals surface area contributed by atoms with Crippen LogP contribution < -0.4 is 14.7 Å². The Balaban J connectivity index is 1.38. The van der Waals surface area contributed by atoms with Gasteiger partial charge >= 0.3 is 0 Å². The minimum absolute atomic E-state index is 0.138. The minimum atomic E-state index is -0.470. The average molecular weight is 467 g/mol. The predicted octanol–water partition coefficient (Wildman–Crippen LogP) is 3.99. The number of amides is 2. The molecule has 3 fully saturated rings. The van der Waals surface area contributed by atoms with Gasteiger partial charge in [0.1, 0.15) is 11.5 Å². The number of imide groups is 1. The number of benzene rings is 2. The van der Waals surface area contributed by atoms with E-state index in [2.05, 4.69) is 6.92 Å². The molecule has 0 unspecified atom stereocenters. The Morgan fingerprint density at radius 1 is 0.912 bits per heavy atom. The quantitative estimate of drug-likeness (QED) is 0.385. The molecule has 2 aromatic rings. The smallest absolute Gasteiger partial charge is 0.294 e. The number of piperazine rings is 1. The van der Waals surface area contributed by atoms with E-state index >= 15 is 0 Å². The standard InChI is InChI=1S/C25H27FN4O4/c1-16-6-8-18-19(14-16)25(32)29(24(18)31)17-7-9-22(23(15-17)30(33)34)28-12-10-27(11-13-28)21-5-3-2-4-20(21)26/h2-5,7,9,15-16,18-19H,6,8,10-14H2,1H3/t16-,18+,19-/m1/s1. The SMILES string of the molecule is C[C@@H]1CC[C@@H]2C(=O)N(c3ccc(N4CCN(c5ccccc5F)CC4)c([N+](=O)[O-])c3)C(=O)[C@@H]2C1. The number of nitrogens with zero attached hydrogens (tertiary/aromatic N) is 4. The zero-order chi connectivity index (χ0) is 24.0. The summed E-state index contributed by atoms with van der Waals surface area (Å²) in [5.41, 5.74) is 1.08. The molecule has 0 aromatic heterocycles. The molecule has 0 bridgehead atoms. The number of anilines is 3. The molecule has 34 heavy (non-hydrogen) atoms. The molecule has 0 radical (unpaired) electrons. The molecule has 2 saturated heterocycles. The number of nitro groups is 1. The first-order valence-corrected chi connectivity index (χ1v) is 11.8. The van der Waals surface area contributed by atoms with E-state index in [9.17, 15) is 24.1 Å². The van der Waals surface area contributed by atoms with Crippen LogP contribution in [-0.2, 0) is 9.59 Å². The Morgan fingerprint density at radius 2 is 1.56 bits per heavy atom. The van der Waals surface area contributed by atoms with E-state index in [0.717, 1.165) is 11.3 Å². The molecule has 5 rings (SSSR count). The largest absolute Gasteiger partial charge is 0.366 e. The number of carbonyl (C=O) groups excluding carboxylic acids is 2. The first kappa shape index (κ1) is 22.3. The molecule has 2 aliphatic heterocycles. The molecule has 1 aliphatic carbocycles. The van der Waals surface area contributed by atoms with Crippen LogP contribution in [0.2, 0.25) is 0 Å². The summed E-state index contributed by atoms with van der Waals surface area (Å²) in [5.74, 6) is -1.06. The van der Waals surface area contributed by atoms with Gasteiger partial charge in [0.25, 0.3) is 5.69 Å². The number of rotatable bonds is 4. The van der Waals surface area contributed by atoms with Crippen LogP contribution in [0.3, 0.4) is 0 Å². The van der Waals surface area contributed by atoms with Crippen molar-refractivity contribution in [2.24, 2.45) is 17.8 Å². The zero-order valence-corrected chi connectivity index (χ0v) is 19.0. The average Bonchev–Trinajstić information content (AvgIpc) is 3.08. The van der Waals surface area contributed by atoms with Crippen LogP contribution in [0.25, 0.3) is 0 Å². The molecule has 0 N–H and O–H groups in total. The van der Waals surface area contributed by atoms with Crippen molar-refractivity contribution < 1.29 is 18.9 Å². The maximum absolute atomic E-state index is 14.1. The summed E-state index contributed by atoms with van der Waals surface area (Å²) in [4.78, 5) is 42.5. The van der Waals surface area contributed by atoms with Crippen molar-refractivity contribution in [1.29, 1.82) is 0 Å². The van der Waals surface area contributed by atoms with Crippen LogP contribution in [0.15, 0.2) is 42.5 Å². The summed E-state index contributed by atoms with van der Waals surface area (Å²) in [7, 11) is 0. The number of fused-ring (bicyclic) bond motifs is 1. The Kier molecular flexibility index (Phi) is 5.71. The Morgan fingerprint density at radius 3 is 2.24 bits per heavy atom. The van der Waals surface area contributed by atoms with Crippen molar-refractivity contribution in [2.75, 3.05) is 40.9 Å². The number of halogens is 1. The molecule has 1 saturated carbocycles. The summed E-state index contributed by atoms with van der Waals surface area (Å²) in [6.07, 6.45) is 2.27. The van der Waals surface area contributed by atoms with Crippen LogP contribution >= 0.6 is 0 Å². The Bertz CT molecular complexity index is 1150. The van der Waals surface area contributed by atoms with Gasteiger partial charge in [-0.05, 0) is 49.4 Å². The van der Waals surface area contributed by atoms with Gasteiger partial charge < -0.3 is 9.80 Å². The second-order valence-electron chi connectivity index (χ2n) is 9.50. The van der Waals surface area contributed by atoms with Gasteiger partial charge in [-0.3, -0.25) is 19.7 Å². The molecule has 3 atom stereocenters. The monoisotopic (exact) mass is 466 g/mol. The van der Waals surface area contributed by atoms with Gasteiger partial charge in [-0.2, -0.15) is 0 Å². The van der Waals surface area contributed by atoms with Gasteiger partial charge in [0.15, 0.2) is 0 Å².